The molecule has 10 nitrogen and oxygen atoms in total. The monoisotopic (exact) mass is 455 g/mol. The summed E-state index contributed by atoms with van der Waals surface area (Å²) in [5.41, 5.74) is 1.87. The fourth-order valence-corrected chi connectivity index (χ4v) is 3.94. The Bertz CT molecular complexity index is 1260. The number of anilines is 3. The molecule has 0 spiro atoms. The molecule has 1 N–H and O–H groups in total. The smallest absolute Gasteiger partial charge is 0.257 e. The van der Waals surface area contributed by atoms with E-state index in [0.717, 1.165) is 31.1 Å². The molecule has 0 aliphatic carbocycles. The molecule has 4 aromatic rings. The highest BCUT2D eigenvalue weighted by Gasteiger charge is 2.26. The average molecular weight is 456 g/mol. The van der Waals surface area contributed by atoms with Gasteiger partial charge in [-0.1, -0.05) is 6.07 Å². The lowest BCUT2D eigenvalue weighted by atomic mass is 10.2. The van der Waals surface area contributed by atoms with Crippen LogP contribution in [-0.2, 0) is 0 Å². The first kappa shape index (κ1) is 21.5. The minimum atomic E-state index is -0.274. The maximum Gasteiger partial charge on any atom is 0.257 e. The normalized spacial score (nSPS) is 15.9. The number of pyridine rings is 2. The minimum Gasteiger partial charge on any atom is -0.353 e. The summed E-state index contributed by atoms with van der Waals surface area (Å²) >= 11 is 0. The van der Waals surface area contributed by atoms with Gasteiger partial charge in [-0.2, -0.15) is 5.10 Å². The predicted molar refractivity (Wildman–Crippen MR) is 129 cm³/mol. The first-order valence-corrected chi connectivity index (χ1v) is 11.1. The molecular formula is C24H25N9O. The Hall–Kier alpha value is -4.34. The zero-order chi connectivity index (χ0) is 23.5. The number of amides is 1. The van der Waals surface area contributed by atoms with E-state index in [4.69, 9.17) is 0 Å². The number of carbonyl (C=O) groups is 1. The van der Waals surface area contributed by atoms with Crippen molar-refractivity contribution in [2.24, 2.45) is 0 Å². The Kier molecular flexibility index (Phi) is 5.86. The van der Waals surface area contributed by atoms with E-state index in [1.807, 2.05) is 43.6 Å². The molecule has 4 aromatic heterocycles. The zero-order valence-electron chi connectivity index (χ0n) is 19.0. The first-order valence-electron chi connectivity index (χ1n) is 11.1. The van der Waals surface area contributed by atoms with Crippen LogP contribution >= 0.6 is 0 Å². The largest absolute Gasteiger partial charge is 0.353 e. The Morgan fingerprint density at radius 3 is 2.47 bits per heavy atom. The third-order valence-corrected chi connectivity index (χ3v) is 5.72. The molecule has 172 valence electrons. The van der Waals surface area contributed by atoms with Crippen LogP contribution in [0.2, 0.25) is 0 Å². The van der Waals surface area contributed by atoms with Gasteiger partial charge in [-0.3, -0.25) is 4.79 Å². The van der Waals surface area contributed by atoms with Gasteiger partial charge in [0.2, 0.25) is 5.95 Å². The summed E-state index contributed by atoms with van der Waals surface area (Å²) in [6, 6.07) is 11.5. The van der Waals surface area contributed by atoms with Crippen LogP contribution in [0.15, 0.2) is 67.4 Å². The molecule has 1 atom stereocenters. The SMILES string of the molecule is Cc1ccn(-c2ccc(C(=O)Nc3cnc(N4CCN(c5ccccn5)C[C@@H]4C)nc3)cn2)n1. The number of aromatic nitrogens is 6. The minimum absolute atomic E-state index is 0.222. The molecule has 0 bridgehead atoms. The van der Waals surface area contributed by atoms with Crippen LogP contribution < -0.4 is 15.1 Å². The summed E-state index contributed by atoms with van der Waals surface area (Å²) < 4.78 is 1.67. The molecule has 1 aliphatic heterocycles. The maximum absolute atomic E-state index is 12.6. The molecule has 0 saturated carbocycles. The molecule has 5 heterocycles. The van der Waals surface area contributed by atoms with Gasteiger partial charge in [-0.15, -0.1) is 0 Å². The van der Waals surface area contributed by atoms with Crippen LogP contribution in [-0.4, -0.2) is 61.3 Å². The number of rotatable bonds is 5. The molecule has 1 aliphatic rings. The lowest BCUT2D eigenvalue weighted by Gasteiger charge is -2.40. The zero-order valence-corrected chi connectivity index (χ0v) is 19.0. The maximum atomic E-state index is 12.6. The summed E-state index contributed by atoms with van der Waals surface area (Å²) in [5.74, 6) is 2.00. The molecule has 1 saturated heterocycles. The van der Waals surface area contributed by atoms with Crippen LogP contribution in [0.4, 0.5) is 17.5 Å². The molecular weight excluding hydrogens is 430 g/mol. The second kappa shape index (κ2) is 9.26. The Labute approximate surface area is 197 Å². The van der Waals surface area contributed by atoms with Gasteiger partial charge in [0.1, 0.15) is 5.82 Å². The number of aryl methyl sites for hydroxylation is 1. The van der Waals surface area contributed by atoms with E-state index < -0.39 is 0 Å². The van der Waals surface area contributed by atoms with E-state index in [2.05, 4.69) is 47.1 Å². The van der Waals surface area contributed by atoms with Crippen LogP contribution in [0.5, 0.6) is 0 Å². The second-order valence-corrected chi connectivity index (χ2v) is 8.21. The van der Waals surface area contributed by atoms with Gasteiger partial charge in [0, 0.05) is 44.3 Å². The highest BCUT2D eigenvalue weighted by Crippen LogP contribution is 2.21. The highest BCUT2D eigenvalue weighted by atomic mass is 16.1. The molecule has 1 amide bonds. The number of hydrogen-bond acceptors (Lipinski definition) is 8. The van der Waals surface area contributed by atoms with E-state index >= 15 is 0 Å². The fourth-order valence-electron chi connectivity index (χ4n) is 3.94. The fraction of sp³-hybridized carbons (Fsp3) is 0.250. The third kappa shape index (κ3) is 4.56. The van der Waals surface area contributed by atoms with Crippen LogP contribution in [0.1, 0.15) is 23.0 Å². The van der Waals surface area contributed by atoms with Gasteiger partial charge in [0.15, 0.2) is 5.82 Å². The van der Waals surface area contributed by atoms with Crippen molar-refractivity contribution < 1.29 is 4.79 Å². The third-order valence-electron chi connectivity index (χ3n) is 5.72. The molecule has 34 heavy (non-hydrogen) atoms. The van der Waals surface area contributed by atoms with Gasteiger partial charge in [-0.05, 0) is 44.2 Å². The number of nitrogens with zero attached hydrogens (tertiary/aromatic N) is 8. The van der Waals surface area contributed by atoms with Crippen molar-refractivity contribution in [3.05, 3.63) is 78.6 Å². The van der Waals surface area contributed by atoms with Crippen molar-refractivity contribution >= 4 is 23.4 Å². The summed E-state index contributed by atoms with van der Waals surface area (Å²) in [5, 5.41) is 7.15. The van der Waals surface area contributed by atoms with E-state index in [9.17, 15) is 4.79 Å². The van der Waals surface area contributed by atoms with E-state index in [0.29, 0.717) is 23.0 Å². The van der Waals surface area contributed by atoms with Gasteiger partial charge in [0.05, 0.1) is 29.3 Å². The van der Waals surface area contributed by atoms with Crippen LogP contribution in [0, 0.1) is 6.92 Å². The number of nitrogens with one attached hydrogen (secondary N) is 1. The van der Waals surface area contributed by atoms with Crippen molar-refractivity contribution in [2.75, 3.05) is 34.8 Å². The van der Waals surface area contributed by atoms with Crippen molar-refractivity contribution in [3.63, 3.8) is 0 Å². The lowest BCUT2D eigenvalue weighted by Crippen LogP contribution is -2.53. The summed E-state index contributed by atoms with van der Waals surface area (Å²) in [6.07, 6.45) is 8.43. The second-order valence-electron chi connectivity index (χ2n) is 8.21. The summed E-state index contributed by atoms with van der Waals surface area (Å²) in [6.45, 7) is 6.52. The topological polar surface area (TPSA) is 105 Å². The van der Waals surface area contributed by atoms with E-state index in [1.165, 1.54) is 6.20 Å². The molecule has 10 heteroatoms. The van der Waals surface area contributed by atoms with Gasteiger partial charge < -0.3 is 15.1 Å². The molecule has 0 unspecified atom stereocenters. The van der Waals surface area contributed by atoms with Crippen LogP contribution in [0.3, 0.4) is 0 Å². The quantitative estimate of drug-likeness (QED) is 0.490. The Morgan fingerprint density at radius 2 is 1.82 bits per heavy atom. The highest BCUT2D eigenvalue weighted by molar-refractivity contribution is 6.03. The van der Waals surface area contributed by atoms with Crippen molar-refractivity contribution in [3.8, 4) is 5.82 Å². The molecule has 0 aromatic carbocycles. The standard InChI is InChI=1S/C24H25N9O/c1-17-8-10-33(30-17)22-7-6-19(13-26-22)23(34)29-20-14-27-24(28-15-20)32-12-11-31(16-18(32)2)21-5-3-4-9-25-21/h3-10,13-15,18H,11-12,16H2,1-2H3,(H,29,34)/t18-/m0/s1. The number of carbonyl (C=O) groups excluding carboxylic acids is 1. The average Bonchev–Trinajstić information content (AvgIpc) is 3.31. The van der Waals surface area contributed by atoms with E-state index in [-0.39, 0.29) is 11.9 Å². The van der Waals surface area contributed by atoms with Crippen molar-refractivity contribution in [1.29, 1.82) is 0 Å². The molecule has 0 radical (unpaired) electrons. The van der Waals surface area contributed by atoms with Crippen molar-refractivity contribution in [2.45, 2.75) is 19.9 Å². The summed E-state index contributed by atoms with van der Waals surface area (Å²) in [7, 11) is 0. The Balaban J connectivity index is 1.20. The van der Waals surface area contributed by atoms with Crippen molar-refractivity contribution in [1.82, 2.24) is 29.7 Å². The molecule has 1 fully saturated rings. The van der Waals surface area contributed by atoms with Crippen LogP contribution in [0.25, 0.3) is 5.82 Å². The predicted octanol–water partition coefficient (Wildman–Crippen LogP) is 2.73. The van der Waals surface area contributed by atoms with E-state index in [1.54, 1.807) is 29.2 Å². The van der Waals surface area contributed by atoms with Gasteiger partial charge >= 0.3 is 0 Å². The number of hydrogen-bond donors (Lipinski definition) is 1. The van der Waals surface area contributed by atoms with Gasteiger partial charge in [0.25, 0.3) is 5.91 Å². The lowest BCUT2D eigenvalue weighted by molar-refractivity contribution is 0.102. The summed E-state index contributed by atoms with van der Waals surface area (Å²) in [4.78, 5) is 34.8. The van der Waals surface area contributed by atoms with Gasteiger partial charge in [-0.25, -0.2) is 24.6 Å². The first-order chi connectivity index (χ1) is 16.6. The Morgan fingerprint density at radius 1 is 0.971 bits per heavy atom. The molecule has 5 rings (SSSR count). The number of piperazine rings is 1.